The summed E-state index contributed by atoms with van der Waals surface area (Å²) in [7, 11) is 0. The van der Waals surface area contributed by atoms with Crippen LogP contribution in [0.1, 0.15) is 48.2 Å². The highest BCUT2D eigenvalue weighted by Gasteiger charge is 2.27. The molecule has 3 rings (SSSR count). The van der Waals surface area contributed by atoms with Gasteiger partial charge in [0.15, 0.2) is 0 Å². The average Bonchev–Trinajstić information content (AvgIpc) is 3.10. The van der Waals surface area contributed by atoms with E-state index in [4.69, 9.17) is 0 Å². The van der Waals surface area contributed by atoms with Crippen LogP contribution in [0.3, 0.4) is 0 Å². The number of rotatable bonds is 6. The average molecular weight is 373 g/mol. The van der Waals surface area contributed by atoms with E-state index >= 15 is 0 Å². The molecule has 1 atom stereocenters. The zero-order valence-electron chi connectivity index (χ0n) is 15.6. The molecule has 2 aromatic rings. The molecule has 0 saturated carbocycles. The zero-order valence-corrected chi connectivity index (χ0v) is 16.5. The number of carbonyl (C=O) groups excluding carboxylic acids is 1. The van der Waals surface area contributed by atoms with Crippen molar-refractivity contribution in [3.05, 3.63) is 45.9 Å². The maximum atomic E-state index is 12.5. The molecule has 1 saturated heterocycles. The Morgan fingerprint density at radius 2 is 2.12 bits per heavy atom. The lowest BCUT2D eigenvalue weighted by Crippen LogP contribution is -2.45. The quantitative estimate of drug-likeness (QED) is 0.837. The van der Waals surface area contributed by atoms with Gasteiger partial charge in [-0.15, -0.1) is 21.5 Å². The Balaban J connectivity index is 1.49. The van der Waals surface area contributed by atoms with Crippen molar-refractivity contribution in [3.63, 3.8) is 0 Å². The molecule has 26 heavy (non-hydrogen) atoms. The number of carbonyl (C=O) groups is 1. The molecule has 5 nitrogen and oxygen atoms in total. The Labute approximate surface area is 159 Å². The molecule has 1 fully saturated rings. The van der Waals surface area contributed by atoms with Gasteiger partial charge in [-0.05, 0) is 30.7 Å². The van der Waals surface area contributed by atoms with Crippen LogP contribution in [-0.2, 0) is 12.8 Å². The van der Waals surface area contributed by atoms with Gasteiger partial charge in [0.2, 0.25) is 0 Å². The first kappa shape index (κ1) is 18.8. The van der Waals surface area contributed by atoms with E-state index in [-0.39, 0.29) is 6.03 Å². The SMILES string of the molecule is CC(C)Cc1nnc(C2CCCN(C(=O)NCCc3ccccc3)C2)s1. The summed E-state index contributed by atoms with van der Waals surface area (Å²) in [6, 6.07) is 10.3. The molecular weight excluding hydrogens is 344 g/mol. The first-order chi connectivity index (χ1) is 12.6. The van der Waals surface area contributed by atoms with Crippen LogP contribution in [0.15, 0.2) is 30.3 Å². The molecule has 1 aliphatic rings. The van der Waals surface area contributed by atoms with Crippen molar-refractivity contribution < 1.29 is 4.79 Å². The molecule has 1 aromatic heterocycles. The van der Waals surface area contributed by atoms with Gasteiger partial charge in [-0.25, -0.2) is 4.79 Å². The smallest absolute Gasteiger partial charge is 0.317 e. The first-order valence-corrected chi connectivity index (χ1v) is 10.3. The second-order valence-corrected chi connectivity index (χ2v) is 8.48. The van der Waals surface area contributed by atoms with Gasteiger partial charge < -0.3 is 10.2 Å². The fraction of sp³-hybridized carbons (Fsp3) is 0.550. The number of nitrogens with one attached hydrogen (secondary N) is 1. The minimum atomic E-state index is 0.0394. The lowest BCUT2D eigenvalue weighted by molar-refractivity contribution is 0.179. The molecule has 6 heteroatoms. The number of benzene rings is 1. The van der Waals surface area contributed by atoms with Gasteiger partial charge in [0.1, 0.15) is 10.0 Å². The summed E-state index contributed by atoms with van der Waals surface area (Å²) in [6.45, 7) is 6.63. The highest BCUT2D eigenvalue weighted by Crippen LogP contribution is 2.29. The Morgan fingerprint density at radius 3 is 2.88 bits per heavy atom. The van der Waals surface area contributed by atoms with Crippen molar-refractivity contribution in [2.24, 2.45) is 5.92 Å². The summed E-state index contributed by atoms with van der Waals surface area (Å²) >= 11 is 1.72. The topological polar surface area (TPSA) is 58.1 Å². The molecule has 140 valence electrons. The Hall–Kier alpha value is -1.95. The van der Waals surface area contributed by atoms with Gasteiger partial charge in [0, 0.05) is 32.0 Å². The Kier molecular flexibility index (Phi) is 6.61. The van der Waals surface area contributed by atoms with Crippen molar-refractivity contribution >= 4 is 17.4 Å². The predicted octanol–water partition coefficient (Wildman–Crippen LogP) is 3.87. The van der Waals surface area contributed by atoms with E-state index in [9.17, 15) is 4.79 Å². The number of piperidine rings is 1. The number of nitrogens with zero attached hydrogens (tertiary/aromatic N) is 3. The molecule has 0 bridgehead atoms. The zero-order chi connectivity index (χ0) is 18.4. The number of aromatic nitrogens is 2. The highest BCUT2D eigenvalue weighted by molar-refractivity contribution is 7.11. The van der Waals surface area contributed by atoms with Crippen molar-refractivity contribution in [1.29, 1.82) is 0 Å². The third-order valence-corrected chi connectivity index (χ3v) is 5.76. The van der Waals surface area contributed by atoms with Crippen LogP contribution in [0.25, 0.3) is 0 Å². The molecule has 2 heterocycles. The van der Waals surface area contributed by atoms with E-state index in [2.05, 4.69) is 41.5 Å². The fourth-order valence-electron chi connectivity index (χ4n) is 3.30. The minimum Gasteiger partial charge on any atom is -0.338 e. The largest absolute Gasteiger partial charge is 0.338 e. The summed E-state index contributed by atoms with van der Waals surface area (Å²) in [4.78, 5) is 14.4. The van der Waals surface area contributed by atoms with E-state index in [1.54, 1.807) is 11.3 Å². The lowest BCUT2D eigenvalue weighted by atomic mass is 9.99. The van der Waals surface area contributed by atoms with Crippen molar-refractivity contribution in [2.75, 3.05) is 19.6 Å². The Morgan fingerprint density at radius 1 is 1.31 bits per heavy atom. The van der Waals surface area contributed by atoms with Crippen LogP contribution < -0.4 is 5.32 Å². The van der Waals surface area contributed by atoms with E-state index < -0.39 is 0 Å². The van der Waals surface area contributed by atoms with Gasteiger partial charge in [-0.3, -0.25) is 0 Å². The summed E-state index contributed by atoms with van der Waals surface area (Å²) < 4.78 is 0. The summed E-state index contributed by atoms with van der Waals surface area (Å²) in [6.07, 6.45) is 3.95. The van der Waals surface area contributed by atoms with Crippen molar-refractivity contribution in [1.82, 2.24) is 20.4 Å². The van der Waals surface area contributed by atoms with Crippen LogP contribution >= 0.6 is 11.3 Å². The number of hydrogen-bond acceptors (Lipinski definition) is 4. The number of likely N-dealkylation sites (tertiary alicyclic amines) is 1. The maximum absolute atomic E-state index is 12.5. The van der Waals surface area contributed by atoms with Crippen LogP contribution in [0.4, 0.5) is 4.79 Å². The second-order valence-electron chi connectivity index (χ2n) is 7.38. The molecule has 1 aromatic carbocycles. The minimum absolute atomic E-state index is 0.0394. The summed E-state index contributed by atoms with van der Waals surface area (Å²) in [5.41, 5.74) is 1.25. The highest BCUT2D eigenvalue weighted by atomic mass is 32.1. The first-order valence-electron chi connectivity index (χ1n) is 9.51. The number of amides is 2. The van der Waals surface area contributed by atoms with E-state index in [0.29, 0.717) is 18.4 Å². The lowest BCUT2D eigenvalue weighted by Gasteiger charge is -2.31. The van der Waals surface area contributed by atoms with E-state index in [0.717, 1.165) is 48.8 Å². The molecule has 0 radical (unpaired) electrons. The summed E-state index contributed by atoms with van der Waals surface area (Å²) in [5.74, 6) is 0.913. The van der Waals surface area contributed by atoms with Crippen molar-refractivity contribution in [3.8, 4) is 0 Å². The molecule has 2 amide bonds. The van der Waals surface area contributed by atoms with Gasteiger partial charge in [0.25, 0.3) is 0 Å². The normalized spacial score (nSPS) is 17.5. The van der Waals surface area contributed by atoms with Gasteiger partial charge >= 0.3 is 6.03 Å². The second kappa shape index (κ2) is 9.12. The third kappa shape index (κ3) is 5.27. The van der Waals surface area contributed by atoms with Crippen LogP contribution in [0.2, 0.25) is 0 Å². The summed E-state index contributed by atoms with van der Waals surface area (Å²) in [5, 5.41) is 14.0. The molecule has 1 aliphatic heterocycles. The molecule has 0 aliphatic carbocycles. The standard InChI is InChI=1S/C20H28N4OS/c1-15(2)13-18-22-23-19(26-18)17-9-6-12-24(14-17)20(25)21-11-10-16-7-4-3-5-8-16/h3-5,7-8,15,17H,6,9-14H2,1-2H3,(H,21,25). The molecule has 1 N–H and O–H groups in total. The number of hydrogen-bond donors (Lipinski definition) is 1. The maximum Gasteiger partial charge on any atom is 0.317 e. The van der Waals surface area contributed by atoms with Gasteiger partial charge in [0.05, 0.1) is 0 Å². The van der Waals surface area contributed by atoms with Crippen molar-refractivity contribution in [2.45, 2.75) is 45.4 Å². The number of urea groups is 1. The van der Waals surface area contributed by atoms with E-state index in [1.807, 2.05) is 23.1 Å². The van der Waals surface area contributed by atoms with Gasteiger partial charge in [-0.2, -0.15) is 0 Å². The molecule has 0 spiro atoms. The molecule has 1 unspecified atom stereocenters. The van der Waals surface area contributed by atoms with Crippen LogP contribution in [-0.4, -0.2) is 40.8 Å². The Bertz CT molecular complexity index is 701. The fourth-order valence-corrected chi connectivity index (χ4v) is 4.48. The van der Waals surface area contributed by atoms with Gasteiger partial charge in [-0.1, -0.05) is 44.2 Å². The van der Waals surface area contributed by atoms with Crippen LogP contribution in [0, 0.1) is 5.92 Å². The molecular formula is C20H28N4OS. The third-order valence-electron chi connectivity index (χ3n) is 4.66. The predicted molar refractivity (Wildman–Crippen MR) is 106 cm³/mol. The van der Waals surface area contributed by atoms with E-state index in [1.165, 1.54) is 5.56 Å². The van der Waals surface area contributed by atoms with Crippen LogP contribution in [0.5, 0.6) is 0 Å². The monoisotopic (exact) mass is 372 g/mol.